The van der Waals surface area contributed by atoms with E-state index in [0.717, 1.165) is 23.0 Å². The Hall–Kier alpha value is -0.910. The Labute approximate surface area is 119 Å². The minimum Gasteiger partial charge on any atom is -0.508 e. The third-order valence-electron chi connectivity index (χ3n) is 2.78. The topological polar surface area (TPSA) is 45.2 Å². The van der Waals surface area contributed by atoms with Crippen molar-refractivity contribution >= 4 is 27.3 Å². The van der Waals surface area contributed by atoms with Gasteiger partial charge in [0.25, 0.3) is 0 Å². The highest BCUT2D eigenvalue weighted by atomic mass is 79.9. The molecule has 0 bridgehead atoms. The second-order valence-electron chi connectivity index (χ2n) is 4.01. The van der Waals surface area contributed by atoms with E-state index in [1.54, 1.807) is 17.4 Å². The van der Waals surface area contributed by atoms with Crippen LogP contribution in [0, 0.1) is 0 Å². The number of hydrogen-bond acceptors (Lipinski definition) is 4. The van der Waals surface area contributed by atoms with Crippen molar-refractivity contribution in [2.45, 2.75) is 25.9 Å². The van der Waals surface area contributed by atoms with Crippen molar-refractivity contribution in [2.24, 2.45) is 0 Å². The van der Waals surface area contributed by atoms with Crippen molar-refractivity contribution in [1.29, 1.82) is 0 Å². The molecule has 0 aliphatic carbocycles. The summed E-state index contributed by atoms with van der Waals surface area (Å²) in [5, 5.41) is 13.4. The molecule has 5 heteroatoms. The molecule has 96 valence electrons. The summed E-state index contributed by atoms with van der Waals surface area (Å²) in [5.41, 5.74) is 2.76. The quantitative estimate of drug-likeness (QED) is 0.877. The van der Waals surface area contributed by atoms with Gasteiger partial charge in [-0.1, -0.05) is 22.9 Å². The third kappa shape index (κ3) is 3.31. The molecule has 0 amide bonds. The maximum Gasteiger partial charge on any atom is 0.120 e. The van der Waals surface area contributed by atoms with Crippen LogP contribution in [0.4, 0.5) is 0 Å². The Kier molecular flexibility index (Phi) is 4.74. The number of phenolic OH excluding ortho intramolecular Hbond substituents is 1. The molecule has 18 heavy (non-hydrogen) atoms. The molecule has 1 aromatic carbocycles. The van der Waals surface area contributed by atoms with Crippen LogP contribution >= 0.6 is 27.3 Å². The number of halogens is 1. The number of benzene rings is 1. The van der Waals surface area contributed by atoms with Gasteiger partial charge >= 0.3 is 0 Å². The predicted molar refractivity (Wildman–Crippen MR) is 77.8 cm³/mol. The van der Waals surface area contributed by atoms with Crippen molar-refractivity contribution in [3.63, 3.8) is 0 Å². The van der Waals surface area contributed by atoms with Crippen molar-refractivity contribution in [1.82, 2.24) is 10.3 Å². The van der Waals surface area contributed by atoms with Crippen LogP contribution in [0.25, 0.3) is 0 Å². The summed E-state index contributed by atoms with van der Waals surface area (Å²) < 4.78 is 0.980. The Morgan fingerprint density at radius 1 is 1.50 bits per heavy atom. The Bertz CT molecular complexity index is 502. The molecule has 1 atom stereocenters. The molecule has 1 unspecified atom stereocenters. The lowest BCUT2D eigenvalue weighted by atomic mass is 10.0. The molecule has 0 spiro atoms. The number of phenols is 1. The van der Waals surface area contributed by atoms with E-state index in [-0.39, 0.29) is 6.04 Å². The number of thiazole rings is 1. The summed E-state index contributed by atoms with van der Waals surface area (Å²) in [7, 11) is 0. The van der Waals surface area contributed by atoms with E-state index in [9.17, 15) is 5.11 Å². The number of nitrogens with one attached hydrogen (secondary N) is 1. The number of aromatic nitrogens is 1. The molecule has 0 aliphatic heterocycles. The highest BCUT2D eigenvalue weighted by Gasteiger charge is 2.13. The van der Waals surface area contributed by atoms with E-state index in [4.69, 9.17) is 0 Å². The van der Waals surface area contributed by atoms with Gasteiger partial charge in [-0.05, 0) is 24.6 Å². The molecule has 0 saturated heterocycles. The van der Waals surface area contributed by atoms with Crippen LogP contribution in [0.15, 0.2) is 34.4 Å². The molecule has 0 fully saturated rings. The molecule has 1 heterocycles. The zero-order valence-electron chi connectivity index (χ0n) is 10.1. The van der Waals surface area contributed by atoms with E-state index >= 15 is 0 Å². The second-order valence-corrected chi connectivity index (χ2v) is 5.90. The summed E-state index contributed by atoms with van der Waals surface area (Å²) >= 11 is 5.07. The van der Waals surface area contributed by atoms with Gasteiger partial charge in [0.05, 0.1) is 5.51 Å². The highest BCUT2D eigenvalue weighted by molar-refractivity contribution is 9.10. The van der Waals surface area contributed by atoms with Crippen molar-refractivity contribution in [3.8, 4) is 5.75 Å². The molecule has 2 N–H and O–H groups in total. The normalized spacial score (nSPS) is 12.6. The van der Waals surface area contributed by atoms with Crippen LogP contribution in [-0.4, -0.2) is 10.1 Å². The first-order valence-electron chi connectivity index (χ1n) is 5.80. The third-order valence-corrected chi connectivity index (χ3v) is 4.05. The average molecular weight is 327 g/mol. The van der Waals surface area contributed by atoms with Gasteiger partial charge in [0, 0.05) is 33.7 Å². The van der Waals surface area contributed by atoms with Crippen LogP contribution < -0.4 is 5.32 Å². The fourth-order valence-corrected chi connectivity index (χ4v) is 2.76. The SMILES string of the molecule is CCC(NCc1cncs1)c1cc(Br)ccc1O. The van der Waals surface area contributed by atoms with Crippen molar-refractivity contribution in [3.05, 3.63) is 44.8 Å². The molecule has 0 radical (unpaired) electrons. The van der Waals surface area contributed by atoms with Gasteiger partial charge in [0.1, 0.15) is 5.75 Å². The van der Waals surface area contributed by atoms with E-state index in [2.05, 4.69) is 33.2 Å². The smallest absolute Gasteiger partial charge is 0.120 e. The fraction of sp³-hybridized carbons (Fsp3) is 0.308. The zero-order chi connectivity index (χ0) is 13.0. The Balaban J connectivity index is 2.10. The maximum absolute atomic E-state index is 9.92. The monoisotopic (exact) mass is 326 g/mol. The van der Waals surface area contributed by atoms with Crippen molar-refractivity contribution in [2.75, 3.05) is 0 Å². The minimum absolute atomic E-state index is 0.143. The fourth-order valence-electron chi connectivity index (χ4n) is 1.83. The summed E-state index contributed by atoms with van der Waals surface area (Å²) in [6.07, 6.45) is 2.79. The Morgan fingerprint density at radius 3 is 3.00 bits per heavy atom. The van der Waals surface area contributed by atoms with Crippen LogP contribution in [0.3, 0.4) is 0 Å². The molecule has 2 rings (SSSR count). The first-order chi connectivity index (χ1) is 8.70. The van der Waals surface area contributed by atoms with Gasteiger partial charge in [-0.15, -0.1) is 11.3 Å². The Morgan fingerprint density at radius 2 is 2.33 bits per heavy atom. The van der Waals surface area contributed by atoms with E-state index in [1.165, 1.54) is 4.88 Å². The molecule has 1 aromatic heterocycles. The molecular formula is C13H15BrN2OS. The summed E-state index contributed by atoms with van der Waals surface area (Å²) in [6, 6.07) is 5.67. The van der Waals surface area contributed by atoms with Gasteiger partial charge in [-0.3, -0.25) is 4.98 Å². The van der Waals surface area contributed by atoms with Crippen LogP contribution in [0.2, 0.25) is 0 Å². The van der Waals surface area contributed by atoms with Gasteiger partial charge in [-0.25, -0.2) is 0 Å². The zero-order valence-corrected chi connectivity index (χ0v) is 12.5. The number of nitrogens with zero attached hydrogens (tertiary/aromatic N) is 1. The molecular weight excluding hydrogens is 312 g/mol. The van der Waals surface area contributed by atoms with Crippen LogP contribution in [0.5, 0.6) is 5.75 Å². The first kappa shape index (κ1) is 13.5. The molecule has 3 nitrogen and oxygen atoms in total. The molecule has 0 saturated carbocycles. The maximum atomic E-state index is 9.92. The standard InChI is InChI=1S/C13H15BrN2OS/c1-2-12(16-7-10-6-15-8-18-10)11-5-9(14)3-4-13(11)17/h3-6,8,12,16-17H,2,7H2,1H3. The minimum atomic E-state index is 0.143. The largest absolute Gasteiger partial charge is 0.508 e. The van der Waals surface area contributed by atoms with Gasteiger partial charge in [-0.2, -0.15) is 0 Å². The first-order valence-corrected chi connectivity index (χ1v) is 7.47. The number of aromatic hydroxyl groups is 1. The van der Waals surface area contributed by atoms with E-state index in [0.29, 0.717) is 5.75 Å². The molecule has 0 aliphatic rings. The lowest BCUT2D eigenvalue weighted by Gasteiger charge is -2.18. The highest BCUT2D eigenvalue weighted by Crippen LogP contribution is 2.29. The summed E-state index contributed by atoms with van der Waals surface area (Å²) in [6.45, 7) is 2.87. The predicted octanol–water partition coefficient (Wildman–Crippen LogP) is 3.85. The lowest BCUT2D eigenvalue weighted by molar-refractivity contribution is 0.441. The van der Waals surface area contributed by atoms with E-state index in [1.807, 2.05) is 23.8 Å². The van der Waals surface area contributed by atoms with Crippen LogP contribution in [-0.2, 0) is 6.54 Å². The van der Waals surface area contributed by atoms with Gasteiger partial charge in [0.15, 0.2) is 0 Å². The second kappa shape index (κ2) is 6.31. The summed E-state index contributed by atoms with van der Waals surface area (Å²) in [5.74, 6) is 0.335. The van der Waals surface area contributed by atoms with E-state index < -0.39 is 0 Å². The molecule has 2 aromatic rings. The van der Waals surface area contributed by atoms with Gasteiger partial charge < -0.3 is 10.4 Å². The van der Waals surface area contributed by atoms with Crippen LogP contribution in [0.1, 0.15) is 29.8 Å². The average Bonchev–Trinajstić information content (AvgIpc) is 2.87. The van der Waals surface area contributed by atoms with Crippen molar-refractivity contribution < 1.29 is 5.11 Å². The number of hydrogen-bond donors (Lipinski definition) is 2. The summed E-state index contributed by atoms with van der Waals surface area (Å²) in [4.78, 5) is 5.25. The number of rotatable bonds is 5. The van der Waals surface area contributed by atoms with Gasteiger partial charge in [0.2, 0.25) is 0 Å². The lowest BCUT2D eigenvalue weighted by Crippen LogP contribution is -2.19.